The molecule has 0 saturated carbocycles. The van der Waals surface area contributed by atoms with Crippen LogP contribution < -0.4 is 5.32 Å². The van der Waals surface area contributed by atoms with Gasteiger partial charge in [0.2, 0.25) is 0 Å². The molecule has 2 aromatic rings. The number of rotatable bonds is 4. The molecule has 2 aromatic carbocycles. The summed E-state index contributed by atoms with van der Waals surface area (Å²) >= 11 is 0. The lowest BCUT2D eigenvalue weighted by Gasteiger charge is -2.13. The molecule has 21 heavy (non-hydrogen) atoms. The lowest BCUT2D eigenvalue weighted by atomic mass is 10.1. The Morgan fingerprint density at radius 2 is 1.90 bits per heavy atom. The van der Waals surface area contributed by atoms with E-state index in [1.165, 1.54) is 18.2 Å². The minimum Gasteiger partial charge on any atom is -0.478 e. The molecule has 6 heteroatoms. The van der Waals surface area contributed by atoms with Gasteiger partial charge in [-0.1, -0.05) is 12.1 Å². The third-order valence-electron chi connectivity index (χ3n) is 3.32. The SMILES string of the molecule is Cc1cccc(Nc2cc([N+](=O)[O-])ccc2C(=O)O)c1C. The van der Waals surface area contributed by atoms with Crippen LogP contribution in [0, 0.1) is 24.0 Å². The van der Waals surface area contributed by atoms with Gasteiger partial charge in [0.25, 0.3) is 5.69 Å². The normalized spacial score (nSPS) is 10.2. The third-order valence-corrected chi connectivity index (χ3v) is 3.32. The number of aryl methyl sites for hydroxylation is 1. The summed E-state index contributed by atoms with van der Waals surface area (Å²) in [4.78, 5) is 21.5. The largest absolute Gasteiger partial charge is 0.478 e. The summed E-state index contributed by atoms with van der Waals surface area (Å²) in [5.41, 5.74) is 2.75. The van der Waals surface area contributed by atoms with Crippen molar-refractivity contribution in [1.82, 2.24) is 0 Å². The smallest absolute Gasteiger partial charge is 0.337 e. The Hall–Kier alpha value is -2.89. The Kier molecular flexibility index (Phi) is 3.89. The maximum absolute atomic E-state index is 11.2. The predicted molar refractivity (Wildman–Crippen MR) is 79.3 cm³/mol. The monoisotopic (exact) mass is 286 g/mol. The molecule has 2 N–H and O–H groups in total. The number of carboxylic acid groups (broad SMARTS) is 1. The van der Waals surface area contributed by atoms with Gasteiger partial charge in [-0.2, -0.15) is 0 Å². The molecule has 0 aliphatic heterocycles. The number of nitrogens with one attached hydrogen (secondary N) is 1. The maximum Gasteiger partial charge on any atom is 0.337 e. The van der Waals surface area contributed by atoms with Crippen molar-refractivity contribution in [2.45, 2.75) is 13.8 Å². The van der Waals surface area contributed by atoms with Crippen molar-refractivity contribution in [1.29, 1.82) is 0 Å². The maximum atomic E-state index is 11.2. The first-order chi connectivity index (χ1) is 9.90. The fraction of sp³-hybridized carbons (Fsp3) is 0.133. The van der Waals surface area contributed by atoms with Crippen LogP contribution in [0.5, 0.6) is 0 Å². The van der Waals surface area contributed by atoms with Crippen molar-refractivity contribution < 1.29 is 14.8 Å². The molecule has 0 bridgehead atoms. The van der Waals surface area contributed by atoms with Gasteiger partial charge in [0, 0.05) is 17.8 Å². The molecule has 0 heterocycles. The number of nitrogens with zero attached hydrogens (tertiary/aromatic N) is 1. The van der Waals surface area contributed by atoms with Crippen molar-refractivity contribution in [3.8, 4) is 0 Å². The summed E-state index contributed by atoms with van der Waals surface area (Å²) in [5, 5.41) is 23.0. The van der Waals surface area contributed by atoms with Crippen LogP contribution in [0.25, 0.3) is 0 Å². The summed E-state index contributed by atoms with van der Waals surface area (Å²) < 4.78 is 0. The zero-order chi connectivity index (χ0) is 15.6. The quantitative estimate of drug-likeness (QED) is 0.661. The molecular weight excluding hydrogens is 272 g/mol. The first-order valence-electron chi connectivity index (χ1n) is 6.25. The van der Waals surface area contributed by atoms with Crippen LogP contribution in [-0.4, -0.2) is 16.0 Å². The van der Waals surface area contributed by atoms with Crippen LogP contribution in [0.3, 0.4) is 0 Å². The highest BCUT2D eigenvalue weighted by molar-refractivity contribution is 5.96. The molecule has 0 fully saturated rings. The van der Waals surface area contributed by atoms with Gasteiger partial charge in [-0.3, -0.25) is 10.1 Å². The van der Waals surface area contributed by atoms with Crippen LogP contribution in [0.1, 0.15) is 21.5 Å². The number of benzene rings is 2. The molecule has 0 saturated heterocycles. The Bertz CT molecular complexity index is 726. The summed E-state index contributed by atoms with van der Waals surface area (Å²) in [6.07, 6.45) is 0. The van der Waals surface area contributed by atoms with E-state index >= 15 is 0 Å². The summed E-state index contributed by atoms with van der Waals surface area (Å²) in [6, 6.07) is 9.21. The minimum absolute atomic E-state index is 0.0125. The number of hydrogen-bond donors (Lipinski definition) is 2. The van der Waals surface area contributed by atoms with E-state index in [1.54, 1.807) is 6.07 Å². The highest BCUT2D eigenvalue weighted by Crippen LogP contribution is 2.28. The molecule has 0 aliphatic rings. The van der Waals surface area contributed by atoms with Gasteiger partial charge >= 0.3 is 5.97 Å². The van der Waals surface area contributed by atoms with Crippen LogP contribution in [-0.2, 0) is 0 Å². The first-order valence-corrected chi connectivity index (χ1v) is 6.25. The average Bonchev–Trinajstić information content (AvgIpc) is 2.43. The van der Waals surface area contributed by atoms with Gasteiger partial charge in [0.05, 0.1) is 16.2 Å². The number of carbonyl (C=O) groups is 1. The van der Waals surface area contributed by atoms with Crippen LogP contribution in [0.2, 0.25) is 0 Å². The van der Waals surface area contributed by atoms with E-state index in [-0.39, 0.29) is 16.9 Å². The predicted octanol–water partition coefficient (Wildman–Crippen LogP) is 3.65. The van der Waals surface area contributed by atoms with Gasteiger partial charge in [0.15, 0.2) is 0 Å². The molecular formula is C15H14N2O4. The van der Waals surface area contributed by atoms with Gasteiger partial charge in [-0.05, 0) is 37.1 Å². The second-order valence-electron chi connectivity index (χ2n) is 4.66. The van der Waals surface area contributed by atoms with Crippen molar-refractivity contribution >= 4 is 23.0 Å². The van der Waals surface area contributed by atoms with Crippen molar-refractivity contribution in [3.63, 3.8) is 0 Å². The molecule has 0 amide bonds. The van der Waals surface area contributed by atoms with E-state index in [0.29, 0.717) is 0 Å². The van der Waals surface area contributed by atoms with Gasteiger partial charge in [0.1, 0.15) is 0 Å². The van der Waals surface area contributed by atoms with Crippen molar-refractivity contribution in [2.75, 3.05) is 5.32 Å². The van der Waals surface area contributed by atoms with E-state index < -0.39 is 10.9 Å². The zero-order valence-corrected chi connectivity index (χ0v) is 11.6. The molecule has 6 nitrogen and oxygen atoms in total. The average molecular weight is 286 g/mol. The molecule has 0 spiro atoms. The summed E-state index contributed by atoms with van der Waals surface area (Å²) in [7, 11) is 0. The van der Waals surface area contributed by atoms with Crippen molar-refractivity contribution in [3.05, 3.63) is 63.2 Å². The van der Waals surface area contributed by atoms with Gasteiger partial charge in [-0.25, -0.2) is 4.79 Å². The number of anilines is 2. The Morgan fingerprint density at radius 3 is 2.52 bits per heavy atom. The molecule has 108 valence electrons. The van der Waals surface area contributed by atoms with Crippen LogP contribution in [0.4, 0.5) is 17.1 Å². The van der Waals surface area contributed by atoms with Gasteiger partial charge < -0.3 is 10.4 Å². The van der Waals surface area contributed by atoms with E-state index in [0.717, 1.165) is 16.8 Å². The highest BCUT2D eigenvalue weighted by atomic mass is 16.6. The number of aromatic carboxylic acids is 1. The zero-order valence-electron chi connectivity index (χ0n) is 11.6. The number of carboxylic acids is 1. The third kappa shape index (κ3) is 3.00. The Balaban J connectivity index is 2.51. The number of hydrogen-bond acceptors (Lipinski definition) is 4. The molecule has 0 radical (unpaired) electrons. The second kappa shape index (κ2) is 5.62. The minimum atomic E-state index is -1.14. The van der Waals surface area contributed by atoms with E-state index in [1.807, 2.05) is 26.0 Å². The lowest BCUT2D eigenvalue weighted by Crippen LogP contribution is -2.04. The number of non-ortho nitro benzene ring substituents is 1. The molecule has 0 atom stereocenters. The lowest BCUT2D eigenvalue weighted by molar-refractivity contribution is -0.384. The van der Waals surface area contributed by atoms with E-state index in [4.69, 9.17) is 0 Å². The van der Waals surface area contributed by atoms with Gasteiger partial charge in [-0.15, -0.1) is 0 Å². The first kappa shape index (κ1) is 14.5. The number of nitro groups is 1. The van der Waals surface area contributed by atoms with Crippen LogP contribution >= 0.6 is 0 Å². The standard InChI is InChI=1S/C15H14N2O4/c1-9-4-3-5-13(10(9)2)16-14-8-11(17(20)21)6-7-12(14)15(18)19/h3-8,16H,1-2H3,(H,18,19). The Morgan fingerprint density at radius 1 is 1.19 bits per heavy atom. The number of nitro benzene ring substituents is 1. The second-order valence-corrected chi connectivity index (χ2v) is 4.66. The summed E-state index contributed by atoms with van der Waals surface area (Å²) in [6.45, 7) is 3.83. The molecule has 0 aliphatic carbocycles. The van der Waals surface area contributed by atoms with Crippen LogP contribution in [0.15, 0.2) is 36.4 Å². The highest BCUT2D eigenvalue weighted by Gasteiger charge is 2.16. The Labute approximate surface area is 121 Å². The van der Waals surface area contributed by atoms with E-state index in [2.05, 4.69) is 5.32 Å². The fourth-order valence-corrected chi connectivity index (χ4v) is 1.97. The topological polar surface area (TPSA) is 92.5 Å². The fourth-order valence-electron chi connectivity index (χ4n) is 1.97. The molecule has 0 unspecified atom stereocenters. The van der Waals surface area contributed by atoms with Crippen molar-refractivity contribution in [2.24, 2.45) is 0 Å². The molecule has 0 aromatic heterocycles. The molecule has 2 rings (SSSR count). The summed E-state index contributed by atoms with van der Waals surface area (Å²) in [5.74, 6) is -1.14. The van der Waals surface area contributed by atoms with E-state index in [9.17, 15) is 20.0 Å².